The van der Waals surface area contributed by atoms with Gasteiger partial charge in [0, 0.05) is 11.3 Å². The number of imide groups is 1. The molecule has 29 heavy (non-hydrogen) atoms. The molecule has 1 aliphatic heterocycles. The number of nitrogens with zero attached hydrogens (tertiary/aromatic N) is 1. The van der Waals surface area contributed by atoms with Crippen LogP contribution >= 0.6 is 11.6 Å². The number of hydrogen-bond donors (Lipinski definition) is 1. The van der Waals surface area contributed by atoms with E-state index in [0.29, 0.717) is 0 Å². The number of fused-ring (bicyclic) bond motifs is 1. The quantitative estimate of drug-likeness (QED) is 0.645. The van der Waals surface area contributed by atoms with E-state index in [1.807, 2.05) is 0 Å². The molecule has 144 valence electrons. The predicted molar refractivity (Wildman–Crippen MR) is 106 cm³/mol. The summed E-state index contributed by atoms with van der Waals surface area (Å²) in [5.74, 6) is -2.17. The first-order chi connectivity index (χ1) is 14.0. The van der Waals surface area contributed by atoms with Crippen molar-refractivity contribution in [2.24, 2.45) is 0 Å². The minimum Gasteiger partial charge on any atom is -0.322 e. The lowest BCUT2D eigenvalue weighted by atomic mass is 10.1. The average molecular weight is 409 g/mol. The van der Waals surface area contributed by atoms with Gasteiger partial charge in [0.1, 0.15) is 5.82 Å². The lowest BCUT2D eigenvalue weighted by Crippen LogP contribution is -2.30. The maximum absolute atomic E-state index is 14.6. The monoisotopic (exact) mass is 408 g/mol. The first-order valence-electron chi connectivity index (χ1n) is 8.76. The molecule has 1 N–H and O–H groups in total. The predicted octanol–water partition coefficient (Wildman–Crippen LogP) is 4.53. The van der Waals surface area contributed by atoms with E-state index in [4.69, 9.17) is 11.6 Å². The van der Waals surface area contributed by atoms with Crippen molar-refractivity contribution in [3.05, 3.63) is 99.8 Å². The maximum Gasteiger partial charge on any atom is 0.261 e. The topological polar surface area (TPSA) is 66.5 Å². The van der Waals surface area contributed by atoms with E-state index in [0.717, 1.165) is 4.90 Å². The molecule has 3 amide bonds. The van der Waals surface area contributed by atoms with Gasteiger partial charge >= 0.3 is 0 Å². The van der Waals surface area contributed by atoms with Crippen molar-refractivity contribution >= 4 is 35.0 Å². The molecule has 3 aromatic rings. The molecule has 0 saturated carbocycles. The number of carbonyl (C=O) groups excluding carboxylic acids is 3. The van der Waals surface area contributed by atoms with E-state index in [2.05, 4.69) is 5.32 Å². The smallest absolute Gasteiger partial charge is 0.261 e. The van der Waals surface area contributed by atoms with Crippen LogP contribution in [0.15, 0.2) is 66.7 Å². The summed E-state index contributed by atoms with van der Waals surface area (Å²) in [6.07, 6.45) is 0. The first-order valence-corrected chi connectivity index (χ1v) is 9.13. The van der Waals surface area contributed by atoms with Gasteiger partial charge in [-0.15, -0.1) is 0 Å². The van der Waals surface area contributed by atoms with Gasteiger partial charge in [-0.1, -0.05) is 41.9 Å². The summed E-state index contributed by atoms with van der Waals surface area (Å²) in [7, 11) is 0. The van der Waals surface area contributed by atoms with Crippen molar-refractivity contribution in [3.8, 4) is 0 Å². The standard InChI is InChI=1S/C22H14ClFN2O3/c23-17-9-4-3-8-15(17)20(27)25-19-11-5-10-18(24)16(19)12-26-21(28)13-6-1-2-7-14(13)22(26)29/h1-11H,12H2,(H,25,27). The van der Waals surface area contributed by atoms with Gasteiger partial charge < -0.3 is 5.32 Å². The highest BCUT2D eigenvalue weighted by atomic mass is 35.5. The summed E-state index contributed by atoms with van der Waals surface area (Å²) in [6.45, 7) is -0.308. The fourth-order valence-corrected chi connectivity index (χ4v) is 3.43. The molecule has 7 heteroatoms. The number of rotatable bonds is 4. The molecule has 4 rings (SSSR count). The van der Waals surface area contributed by atoms with Crippen LogP contribution in [-0.2, 0) is 6.54 Å². The number of halogens is 2. The summed E-state index contributed by atoms with van der Waals surface area (Å²) < 4.78 is 14.6. The Bertz CT molecular complexity index is 1130. The van der Waals surface area contributed by atoms with Gasteiger partial charge in [0.05, 0.1) is 28.3 Å². The van der Waals surface area contributed by atoms with Gasteiger partial charge in [0.25, 0.3) is 17.7 Å². The highest BCUT2D eigenvalue weighted by molar-refractivity contribution is 6.34. The highest BCUT2D eigenvalue weighted by Gasteiger charge is 2.36. The van der Waals surface area contributed by atoms with Crippen molar-refractivity contribution in [2.45, 2.75) is 6.54 Å². The van der Waals surface area contributed by atoms with E-state index in [1.165, 1.54) is 18.2 Å². The molecule has 0 unspecified atom stereocenters. The third kappa shape index (κ3) is 3.39. The third-order valence-corrected chi connectivity index (χ3v) is 5.01. The van der Waals surface area contributed by atoms with Crippen molar-refractivity contribution in [2.75, 3.05) is 5.32 Å². The summed E-state index contributed by atoms with van der Waals surface area (Å²) in [5.41, 5.74) is 0.963. The van der Waals surface area contributed by atoms with Gasteiger partial charge in [0.2, 0.25) is 0 Å². The lowest BCUT2D eigenvalue weighted by Gasteiger charge is -2.18. The molecule has 1 heterocycles. The van der Waals surface area contributed by atoms with Crippen LogP contribution in [0.4, 0.5) is 10.1 Å². The molecule has 0 saturated heterocycles. The molecule has 3 aromatic carbocycles. The highest BCUT2D eigenvalue weighted by Crippen LogP contribution is 2.28. The Labute approximate surface area is 170 Å². The molecular weight excluding hydrogens is 395 g/mol. The second-order valence-electron chi connectivity index (χ2n) is 6.44. The fourth-order valence-electron chi connectivity index (χ4n) is 3.21. The fraction of sp³-hybridized carbons (Fsp3) is 0.0455. The number of amides is 3. The van der Waals surface area contributed by atoms with Crippen LogP contribution in [-0.4, -0.2) is 22.6 Å². The molecule has 0 spiro atoms. The Morgan fingerprint density at radius 3 is 2.17 bits per heavy atom. The molecule has 0 bridgehead atoms. The Hall–Kier alpha value is -3.51. The summed E-state index contributed by atoms with van der Waals surface area (Å²) in [5, 5.41) is 2.87. The molecule has 0 aliphatic carbocycles. The summed E-state index contributed by atoms with van der Waals surface area (Å²) in [6, 6.07) is 17.0. The first kappa shape index (κ1) is 18.8. The summed E-state index contributed by atoms with van der Waals surface area (Å²) in [4.78, 5) is 38.7. The third-order valence-electron chi connectivity index (χ3n) is 4.68. The van der Waals surface area contributed by atoms with Gasteiger partial charge in [0.15, 0.2) is 0 Å². The average Bonchev–Trinajstić information content (AvgIpc) is 2.95. The van der Waals surface area contributed by atoms with Crippen molar-refractivity contribution in [1.29, 1.82) is 0 Å². The van der Waals surface area contributed by atoms with Gasteiger partial charge in [-0.05, 0) is 36.4 Å². The van der Waals surface area contributed by atoms with Gasteiger partial charge in [-0.3, -0.25) is 19.3 Å². The van der Waals surface area contributed by atoms with Gasteiger partial charge in [-0.2, -0.15) is 0 Å². The van der Waals surface area contributed by atoms with E-state index >= 15 is 0 Å². The van der Waals surface area contributed by atoms with Crippen LogP contribution in [0.5, 0.6) is 0 Å². The maximum atomic E-state index is 14.6. The number of nitrogens with one attached hydrogen (secondary N) is 1. The van der Waals surface area contributed by atoms with Crippen LogP contribution in [0.25, 0.3) is 0 Å². The number of carbonyl (C=O) groups is 3. The second-order valence-corrected chi connectivity index (χ2v) is 6.85. The normalized spacial score (nSPS) is 12.8. The number of hydrogen-bond acceptors (Lipinski definition) is 3. The molecule has 5 nitrogen and oxygen atoms in total. The Morgan fingerprint density at radius 2 is 1.52 bits per heavy atom. The van der Waals surface area contributed by atoms with Crippen LogP contribution in [0.2, 0.25) is 5.02 Å². The van der Waals surface area contributed by atoms with Crippen LogP contribution in [0, 0.1) is 5.82 Å². The van der Waals surface area contributed by atoms with Crippen LogP contribution < -0.4 is 5.32 Å². The molecule has 0 aromatic heterocycles. The van der Waals surface area contributed by atoms with E-state index in [-0.39, 0.29) is 39.5 Å². The van der Waals surface area contributed by atoms with Crippen molar-refractivity contribution in [3.63, 3.8) is 0 Å². The molecule has 0 radical (unpaired) electrons. The van der Waals surface area contributed by atoms with Crippen LogP contribution in [0.1, 0.15) is 36.6 Å². The largest absolute Gasteiger partial charge is 0.322 e. The van der Waals surface area contributed by atoms with E-state index in [1.54, 1.807) is 48.5 Å². The Morgan fingerprint density at radius 1 is 0.897 bits per heavy atom. The Balaban J connectivity index is 1.64. The minimum atomic E-state index is -0.640. The number of benzene rings is 3. The zero-order valence-electron chi connectivity index (χ0n) is 15.0. The van der Waals surface area contributed by atoms with Gasteiger partial charge in [-0.25, -0.2) is 4.39 Å². The number of anilines is 1. The molecular formula is C22H14ClFN2O3. The lowest BCUT2D eigenvalue weighted by molar-refractivity contribution is 0.0641. The minimum absolute atomic E-state index is 0.0300. The summed E-state index contributed by atoms with van der Waals surface area (Å²) >= 11 is 6.05. The van der Waals surface area contributed by atoms with E-state index in [9.17, 15) is 18.8 Å². The Kier molecular flexibility index (Phi) is 4.86. The zero-order chi connectivity index (χ0) is 20.5. The molecule has 0 atom stereocenters. The molecule has 0 fully saturated rings. The van der Waals surface area contributed by atoms with Crippen molar-refractivity contribution in [1.82, 2.24) is 4.90 Å². The van der Waals surface area contributed by atoms with E-state index < -0.39 is 23.5 Å². The van der Waals surface area contributed by atoms with Crippen molar-refractivity contribution < 1.29 is 18.8 Å². The second kappa shape index (κ2) is 7.48. The van der Waals surface area contributed by atoms with Crippen LogP contribution in [0.3, 0.4) is 0 Å². The zero-order valence-corrected chi connectivity index (χ0v) is 15.7. The molecule has 1 aliphatic rings. The SMILES string of the molecule is O=C(Nc1cccc(F)c1CN1C(=O)c2ccccc2C1=O)c1ccccc1Cl.